The average Bonchev–Trinajstić information content (AvgIpc) is 3.09. The fourth-order valence-electron chi connectivity index (χ4n) is 3.89. The molecule has 1 aromatic rings. The lowest BCUT2D eigenvalue weighted by Gasteiger charge is -2.22. The van der Waals surface area contributed by atoms with Crippen LogP contribution in [0.25, 0.3) is 0 Å². The fraction of sp³-hybridized carbons (Fsp3) is 0.579. The highest BCUT2D eigenvalue weighted by Crippen LogP contribution is 2.48. The number of aliphatic hydroxyl groups excluding tert-OH is 1. The van der Waals surface area contributed by atoms with E-state index in [0.29, 0.717) is 6.42 Å². The van der Waals surface area contributed by atoms with Crippen LogP contribution < -0.4 is 4.74 Å². The van der Waals surface area contributed by atoms with Gasteiger partial charge < -0.3 is 9.84 Å². The standard InChI is InChI=1S/C19H24O2/c1-14-10-15(4-2-3-9-20)6-8-19(14)21-13-18-12-16-5-7-17(18)11-16/h6,8,10,16-18,20H,3,5,7,9,11-13H2,1H3. The SMILES string of the molecule is Cc1cc(C#CCCO)ccc1OCC1CC2CCC1C2. The van der Waals surface area contributed by atoms with E-state index in [0.717, 1.165) is 41.2 Å². The fourth-order valence-corrected chi connectivity index (χ4v) is 3.89. The molecule has 112 valence electrons. The minimum Gasteiger partial charge on any atom is -0.493 e. The van der Waals surface area contributed by atoms with Gasteiger partial charge in [-0.3, -0.25) is 0 Å². The van der Waals surface area contributed by atoms with Gasteiger partial charge in [-0.1, -0.05) is 18.3 Å². The Morgan fingerprint density at radius 3 is 2.86 bits per heavy atom. The van der Waals surface area contributed by atoms with E-state index in [-0.39, 0.29) is 6.61 Å². The summed E-state index contributed by atoms with van der Waals surface area (Å²) in [6.07, 6.45) is 6.20. The molecule has 0 aliphatic heterocycles. The lowest BCUT2D eigenvalue weighted by Crippen LogP contribution is -2.18. The third-order valence-electron chi connectivity index (χ3n) is 4.98. The minimum atomic E-state index is 0.122. The zero-order valence-electron chi connectivity index (χ0n) is 12.8. The molecule has 2 aliphatic carbocycles. The van der Waals surface area contributed by atoms with Crippen LogP contribution in [0.15, 0.2) is 18.2 Å². The number of ether oxygens (including phenoxy) is 1. The number of hydrogen-bond acceptors (Lipinski definition) is 2. The van der Waals surface area contributed by atoms with Gasteiger partial charge in [0.15, 0.2) is 0 Å². The first-order valence-corrected chi connectivity index (χ1v) is 8.09. The molecule has 2 fully saturated rings. The monoisotopic (exact) mass is 284 g/mol. The van der Waals surface area contributed by atoms with Crippen LogP contribution in [0.4, 0.5) is 0 Å². The molecule has 2 nitrogen and oxygen atoms in total. The molecular weight excluding hydrogens is 260 g/mol. The summed E-state index contributed by atoms with van der Waals surface area (Å²) >= 11 is 0. The van der Waals surface area contributed by atoms with Gasteiger partial charge in [-0.2, -0.15) is 0 Å². The molecule has 2 heteroatoms. The third-order valence-corrected chi connectivity index (χ3v) is 4.98. The average molecular weight is 284 g/mol. The molecule has 0 spiro atoms. The predicted octanol–water partition coefficient (Wildman–Crippen LogP) is 3.54. The smallest absolute Gasteiger partial charge is 0.122 e. The Morgan fingerprint density at radius 1 is 1.29 bits per heavy atom. The Morgan fingerprint density at radius 2 is 2.19 bits per heavy atom. The summed E-state index contributed by atoms with van der Waals surface area (Å²) in [5.41, 5.74) is 2.14. The molecule has 3 atom stereocenters. The molecular formula is C19H24O2. The number of hydrogen-bond donors (Lipinski definition) is 1. The topological polar surface area (TPSA) is 29.5 Å². The van der Waals surface area contributed by atoms with Gasteiger partial charge >= 0.3 is 0 Å². The molecule has 0 saturated heterocycles. The zero-order valence-corrected chi connectivity index (χ0v) is 12.8. The number of aliphatic hydroxyl groups is 1. The molecule has 3 unspecified atom stereocenters. The molecule has 1 aromatic carbocycles. The van der Waals surface area contributed by atoms with Crippen molar-refractivity contribution >= 4 is 0 Å². The van der Waals surface area contributed by atoms with Crippen molar-refractivity contribution in [2.24, 2.45) is 17.8 Å². The molecule has 2 saturated carbocycles. The highest BCUT2D eigenvalue weighted by molar-refractivity contribution is 5.43. The molecule has 0 aromatic heterocycles. The lowest BCUT2D eigenvalue weighted by molar-refractivity contribution is 0.194. The van der Waals surface area contributed by atoms with Gasteiger partial charge in [-0.15, -0.1) is 0 Å². The van der Waals surface area contributed by atoms with Crippen molar-refractivity contribution < 1.29 is 9.84 Å². The van der Waals surface area contributed by atoms with E-state index in [9.17, 15) is 0 Å². The third kappa shape index (κ3) is 3.41. The largest absolute Gasteiger partial charge is 0.493 e. The Balaban J connectivity index is 1.57. The predicted molar refractivity (Wildman–Crippen MR) is 84.2 cm³/mol. The summed E-state index contributed by atoms with van der Waals surface area (Å²) in [6, 6.07) is 6.11. The van der Waals surface area contributed by atoms with Crippen molar-refractivity contribution in [3.8, 4) is 17.6 Å². The van der Waals surface area contributed by atoms with E-state index in [4.69, 9.17) is 9.84 Å². The minimum absolute atomic E-state index is 0.122. The van der Waals surface area contributed by atoms with Crippen molar-refractivity contribution in [1.82, 2.24) is 0 Å². The van der Waals surface area contributed by atoms with Crippen molar-refractivity contribution in [3.63, 3.8) is 0 Å². The van der Waals surface area contributed by atoms with Crippen LogP contribution in [0.5, 0.6) is 5.75 Å². The second kappa shape index (κ2) is 6.54. The van der Waals surface area contributed by atoms with Crippen LogP contribution in [0.1, 0.15) is 43.2 Å². The molecule has 1 N–H and O–H groups in total. The zero-order chi connectivity index (χ0) is 14.7. The summed E-state index contributed by atoms with van der Waals surface area (Å²) in [6.45, 7) is 3.07. The number of fused-ring (bicyclic) bond motifs is 2. The van der Waals surface area contributed by atoms with Crippen LogP contribution in [0.3, 0.4) is 0 Å². The second-order valence-electron chi connectivity index (χ2n) is 6.50. The number of rotatable bonds is 4. The first-order chi connectivity index (χ1) is 10.3. The number of benzene rings is 1. The van der Waals surface area contributed by atoms with Crippen molar-refractivity contribution in [2.75, 3.05) is 13.2 Å². The summed E-state index contributed by atoms with van der Waals surface area (Å²) in [4.78, 5) is 0. The first-order valence-electron chi connectivity index (χ1n) is 8.09. The first kappa shape index (κ1) is 14.5. The Kier molecular flexibility index (Phi) is 4.51. The van der Waals surface area contributed by atoms with Gasteiger partial charge in [0.05, 0.1) is 13.2 Å². The Hall–Kier alpha value is -1.46. The maximum Gasteiger partial charge on any atom is 0.122 e. The quantitative estimate of drug-likeness (QED) is 0.857. The van der Waals surface area contributed by atoms with Gasteiger partial charge in [0.25, 0.3) is 0 Å². The normalized spacial score (nSPS) is 26.5. The van der Waals surface area contributed by atoms with Crippen LogP contribution in [0, 0.1) is 36.5 Å². The van der Waals surface area contributed by atoms with Gasteiger partial charge in [0, 0.05) is 12.0 Å². The molecule has 2 bridgehead atoms. The summed E-state index contributed by atoms with van der Waals surface area (Å²) in [7, 11) is 0. The van der Waals surface area contributed by atoms with E-state index in [1.807, 2.05) is 12.1 Å². The maximum atomic E-state index is 8.74. The van der Waals surface area contributed by atoms with Gasteiger partial charge in [0.2, 0.25) is 0 Å². The van der Waals surface area contributed by atoms with Gasteiger partial charge in [-0.05, 0) is 67.7 Å². The van der Waals surface area contributed by atoms with Crippen LogP contribution in [-0.4, -0.2) is 18.3 Å². The van der Waals surface area contributed by atoms with E-state index in [2.05, 4.69) is 24.8 Å². The van der Waals surface area contributed by atoms with Crippen molar-refractivity contribution in [1.29, 1.82) is 0 Å². The van der Waals surface area contributed by atoms with Gasteiger partial charge in [-0.25, -0.2) is 0 Å². The highest BCUT2D eigenvalue weighted by Gasteiger charge is 2.39. The van der Waals surface area contributed by atoms with Crippen LogP contribution in [-0.2, 0) is 0 Å². The van der Waals surface area contributed by atoms with Crippen LogP contribution >= 0.6 is 0 Å². The Bertz CT molecular complexity index is 552. The summed E-state index contributed by atoms with van der Waals surface area (Å²) in [5, 5.41) is 8.74. The maximum absolute atomic E-state index is 8.74. The molecule has 3 rings (SSSR count). The second-order valence-corrected chi connectivity index (χ2v) is 6.50. The number of aryl methyl sites for hydroxylation is 1. The summed E-state index contributed by atoms with van der Waals surface area (Å²) in [5.74, 6) is 9.68. The molecule has 0 heterocycles. The molecule has 0 amide bonds. The molecule has 0 radical (unpaired) electrons. The molecule has 21 heavy (non-hydrogen) atoms. The Labute approximate surface area is 127 Å². The van der Waals surface area contributed by atoms with E-state index >= 15 is 0 Å². The van der Waals surface area contributed by atoms with Crippen molar-refractivity contribution in [3.05, 3.63) is 29.3 Å². The van der Waals surface area contributed by atoms with E-state index in [1.54, 1.807) is 0 Å². The van der Waals surface area contributed by atoms with Gasteiger partial charge in [0.1, 0.15) is 5.75 Å². The van der Waals surface area contributed by atoms with Crippen LogP contribution in [0.2, 0.25) is 0 Å². The lowest BCUT2D eigenvalue weighted by atomic mass is 9.89. The summed E-state index contributed by atoms with van der Waals surface area (Å²) < 4.78 is 6.07. The highest BCUT2D eigenvalue weighted by atomic mass is 16.5. The van der Waals surface area contributed by atoms with Crippen molar-refractivity contribution in [2.45, 2.75) is 39.0 Å². The molecule has 2 aliphatic rings. The van der Waals surface area contributed by atoms with E-state index < -0.39 is 0 Å². The van der Waals surface area contributed by atoms with E-state index in [1.165, 1.54) is 25.7 Å².